The average molecular weight is 162 g/mol. The number of benzene rings is 1. The van der Waals surface area contributed by atoms with E-state index in [1.807, 2.05) is 0 Å². The van der Waals surface area contributed by atoms with Gasteiger partial charge in [-0.1, -0.05) is 0 Å². The second-order valence-corrected chi connectivity index (χ2v) is 1.99. The number of rotatable bonds is 0. The Morgan fingerprint density at radius 3 is 2.09 bits per heavy atom. The Bertz CT molecular complexity index is 272. The maximum absolute atomic E-state index is 12.5. The number of nitrogens with two attached hydrogens (primary N) is 2. The molecule has 0 spiro atoms. The Kier molecular flexibility index (Phi) is 1.64. The van der Waals surface area contributed by atoms with Crippen LogP contribution in [0.5, 0.6) is 0 Å². The molecule has 60 valence electrons. The van der Waals surface area contributed by atoms with Crippen LogP contribution in [-0.4, -0.2) is 0 Å². The minimum atomic E-state index is -1.41. The van der Waals surface area contributed by atoms with Gasteiger partial charge < -0.3 is 11.5 Å². The van der Waals surface area contributed by atoms with Gasteiger partial charge in [0, 0.05) is 6.07 Å². The van der Waals surface area contributed by atoms with Crippen LogP contribution in [0.4, 0.5) is 24.5 Å². The fraction of sp³-hybridized carbons (Fsp3) is 0. The zero-order chi connectivity index (χ0) is 8.59. The fourth-order valence-corrected chi connectivity index (χ4v) is 0.644. The molecule has 0 heterocycles. The van der Waals surface area contributed by atoms with Gasteiger partial charge in [0.25, 0.3) is 0 Å². The molecule has 0 amide bonds. The van der Waals surface area contributed by atoms with E-state index in [2.05, 4.69) is 0 Å². The van der Waals surface area contributed by atoms with E-state index in [0.717, 1.165) is 0 Å². The summed E-state index contributed by atoms with van der Waals surface area (Å²) in [6, 6.07) is 0.543. The highest BCUT2D eigenvalue weighted by molar-refractivity contribution is 5.54. The number of halogens is 3. The average Bonchev–Trinajstić information content (AvgIpc) is 1.97. The molecule has 0 aromatic heterocycles. The Morgan fingerprint density at radius 2 is 1.55 bits per heavy atom. The van der Waals surface area contributed by atoms with E-state index in [9.17, 15) is 13.2 Å². The Labute approximate surface area is 60.6 Å². The standard InChI is InChI=1S/C6H5F3N2/c7-2-1-3(10)5(9)6(11)4(2)8/h1H,10-11H2. The largest absolute Gasteiger partial charge is 0.396 e. The first kappa shape index (κ1) is 7.71. The van der Waals surface area contributed by atoms with E-state index >= 15 is 0 Å². The Hall–Kier alpha value is -1.39. The van der Waals surface area contributed by atoms with Crippen LogP contribution in [0.2, 0.25) is 0 Å². The number of anilines is 2. The summed E-state index contributed by atoms with van der Waals surface area (Å²) in [6.45, 7) is 0. The molecule has 0 aliphatic heterocycles. The smallest absolute Gasteiger partial charge is 0.184 e. The van der Waals surface area contributed by atoms with Crippen LogP contribution in [0.15, 0.2) is 6.07 Å². The molecule has 1 aromatic carbocycles. The van der Waals surface area contributed by atoms with Gasteiger partial charge in [0.1, 0.15) is 5.69 Å². The van der Waals surface area contributed by atoms with Gasteiger partial charge in [-0.05, 0) is 0 Å². The molecule has 1 aromatic rings. The van der Waals surface area contributed by atoms with E-state index in [4.69, 9.17) is 11.5 Å². The van der Waals surface area contributed by atoms with Gasteiger partial charge in [0.05, 0.1) is 5.69 Å². The lowest BCUT2D eigenvalue weighted by atomic mass is 10.2. The highest BCUT2D eigenvalue weighted by atomic mass is 19.2. The molecule has 1 rings (SSSR count). The summed E-state index contributed by atoms with van der Waals surface area (Å²) < 4.78 is 37.2. The highest BCUT2D eigenvalue weighted by Crippen LogP contribution is 2.22. The third-order valence-corrected chi connectivity index (χ3v) is 1.22. The Morgan fingerprint density at radius 1 is 1.00 bits per heavy atom. The molecular formula is C6H5F3N2. The Balaban J connectivity index is 3.46. The molecule has 4 N–H and O–H groups in total. The molecule has 0 atom stereocenters. The van der Waals surface area contributed by atoms with Crippen molar-refractivity contribution >= 4 is 11.4 Å². The first-order valence-electron chi connectivity index (χ1n) is 2.72. The molecule has 0 aliphatic carbocycles. The SMILES string of the molecule is Nc1cc(F)c(F)c(N)c1F. The summed E-state index contributed by atoms with van der Waals surface area (Å²) in [7, 11) is 0. The maximum Gasteiger partial charge on any atom is 0.184 e. The lowest BCUT2D eigenvalue weighted by Gasteiger charge is -2.01. The predicted octanol–water partition coefficient (Wildman–Crippen LogP) is 1.27. The number of hydrogen-bond acceptors (Lipinski definition) is 2. The molecule has 0 bridgehead atoms. The van der Waals surface area contributed by atoms with Crippen LogP contribution in [0.25, 0.3) is 0 Å². The van der Waals surface area contributed by atoms with E-state index in [-0.39, 0.29) is 0 Å². The van der Waals surface area contributed by atoms with Crippen molar-refractivity contribution in [3.63, 3.8) is 0 Å². The zero-order valence-corrected chi connectivity index (χ0v) is 5.37. The summed E-state index contributed by atoms with van der Waals surface area (Å²) >= 11 is 0. The normalized spacial score (nSPS) is 10.1. The van der Waals surface area contributed by atoms with Gasteiger partial charge in [0.15, 0.2) is 17.5 Å². The first-order valence-corrected chi connectivity index (χ1v) is 2.72. The zero-order valence-electron chi connectivity index (χ0n) is 5.37. The third kappa shape index (κ3) is 1.09. The van der Waals surface area contributed by atoms with Crippen molar-refractivity contribution in [2.45, 2.75) is 0 Å². The summed E-state index contributed by atoms with van der Waals surface area (Å²) in [5, 5.41) is 0. The molecule has 0 unspecified atom stereocenters. The van der Waals surface area contributed by atoms with Crippen molar-refractivity contribution in [1.82, 2.24) is 0 Å². The summed E-state index contributed by atoms with van der Waals surface area (Å²) in [4.78, 5) is 0. The molecule has 0 saturated heterocycles. The molecule has 0 aliphatic rings. The molecule has 0 radical (unpaired) electrons. The van der Waals surface area contributed by atoms with Gasteiger partial charge in [-0.25, -0.2) is 13.2 Å². The second kappa shape index (κ2) is 2.34. The van der Waals surface area contributed by atoms with Crippen molar-refractivity contribution < 1.29 is 13.2 Å². The van der Waals surface area contributed by atoms with Gasteiger partial charge in [0.2, 0.25) is 0 Å². The van der Waals surface area contributed by atoms with E-state index in [1.54, 1.807) is 0 Å². The van der Waals surface area contributed by atoms with E-state index in [1.165, 1.54) is 0 Å². The van der Waals surface area contributed by atoms with Crippen LogP contribution < -0.4 is 11.5 Å². The minimum Gasteiger partial charge on any atom is -0.396 e. The van der Waals surface area contributed by atoms with Gasteiger partial charge >= 0.3 is 0 Å². The quantitative estimate of drug-likeness (QED) is 0.445. The van der Waals surface area contributed by atoms with Crippen molar-refractivity contribution in [2.75, 3.05) is 11.5 Å². The van der Waals surface area contributed by atoms with Crippen molar-refractivity contribution in [2.24, 2.45) is 0 Å². The minimum absolute atomic E-state index is 0.499. The van der Waals surface area contributed by atoms with E-state index in [0.29, 0.717) is 6.07 Å². The monoisotopic (exact) mass is 162 g/mol. The van der Waals surface area contributed by atoms with Gasteiger partial charge in [-0.3, -0.25) is 0 Å². The van der Waals surface area contributed by atoms with Crippen LogP contribution in [-0.2, 0) is 0 Å². The molecule has 5 heteroatoms. The summed E-state index contributed by atoms with van der Waals surface area (Å²) in [5.41, 5.74) is 8.36. The van der Waals surface area contributed by atoms with Crippen LogP contribution in [0.3, 0.4) is 0 Å². The summed E-state index contributed by atoms with van der Waals surface area (Å²) in [6.07, 6.45) is 0. The molecule has 0 saturated carbocycles. The summed E-state index contributed by atoms with van der Waals surface area (Å²) in [5.74, 6) is -3.78. The van der Waals surface area contributed by atoms with Crippen LogP contribution in [0.1, 0.15) is 0 Å². The predicted molar refractivity (Wildman–Crippen MR) is 35.1 cm³/mol. The third-order valence-electron chi connectivity index (χ3n) is 1.22. The van der Waals surface area contributed by atoms with Crippen molar-refractivity contribution in [1.29, 1.82) is 0 Å². The first-order chi connectivity index (χ1) is 5.04. The molecule has 0 fully saturated rings. The number of hydrogen-bond donors (Lipinski definition) is 2. The topological polar surface area (TPSA) is 52.0 Å². The lowest BCUT2D eigenvalue weighted by Crippen LogP contribution is -2.02. The van der Waals surface area contributed by atoms with Crippen LogP contribution in [0, 0.1) is 17.5 Å². The van der Waals surface area contributed by atoms with Gasteiger partial charge in [-0.15, -0.1) is 0 Å². The number of nitrogen functional groups attached to an aromatic ring is 2. The van der Waals surface area contributed by atoms with Crippen molar-refractivity contribution in [3.05, 3.63) is 23.5 Å². The van der Waals surface area contributed by atoms with Crippen molar-refractivity contribution in [3.8, 4) is 0 Å². The maximum atomic E-state index is 12.5. The second-order valence-electron chi connectivity index (χ2n) is 1.99. The van der Waals surface area contributed by atoms with Gasteiger partial charge in [-0.2, -0.15) is 0 Å². The fourth-order valence-electron chi connectivity index (χ4n) is 0.644. The van der Waals surface area contributed by atoms with E-state index < -0.39 is 28.8 Å². The molecule has 2 nitrogen and oxygen atoms in total. The lowest BCUT2D eigenvalue weighted by molar-refractivity contribution is 0.502. The van der Waals surface area contributed by atoms with Crippen LogP contribution >= 0.6 is 0 Å². The highest BCUT2D eigenvalue weighted by Gasteiger charge is 2.13. The molecular weight excluding hydrogens is 157 g/mol. The molecule has 11 heavy (non-hydrogen) atoms.